The first-order valence-corrected chi connectivity index (χ1v) is 9.46. The summed E-state index contributed by atoms with van der Waals surface area (Å²) in [6.07, 6.45) is 1.60. The van der Waals surface area contributed by atoms with Crippen molar-refractivity contribution in [1.29, 1.82) is 0 Å². The molecule has 6 nitrogen and oxygen atoms in total. The molecule has 0 unspecified atom stereocenters. The first kappa shape index (κ1) is 20.5. The van der Waals surface area contributed by atoms with E-state index in [0.717, 1.165) is 21.4 Å². The molecule has 0 saturated carbocycles. The molecule has 8 heteroatoms. The Bertz CT molecular complexity index is 1030. The summed E-state index contributed by atoms with van der Waals surface area (Å²) in [6, 6.07) is 14.9. The average Bonchev–Trinajstić information content (AvgIpc) is 2.98. The number of para-hydroxylation sites is 1. The lowest BCUT2D eigenvalue weighted by molar-refractivity contribution is 0.102. The van der Waals surface area contributed by atoms with E-state index in [2.05, 4.69) is 15.6 Å². The highest BCUT2D eigenvalue weighted by Crippen LogP contribution is 2.28. The van der Waals surface area contributed by atoms with Crippen LogP contribution >= 0.6 is 11.6 Å². The van der Waals surface area contributed by atoms with Crippen molar-refractivity contribution in [1.82, 2.24) is 9.78 Å². The lowest BCUT2D eigenvalue weighted by Gasteiger charge is -2.11. The fraction of sp³-hybridized carbons (Fsp3) is 0.190. The number of amides is 1. The number of hydrogen-bond donors (Lipinski definition) is 1. The molecule has 3 aromatic rings. The maximum absolute atomic E-state index is 14.2. The van der Waals surface area contributed by atoms with Gasteiger partial charge in [-0.3, -0.25) is 4.79 Å². The zero-order chi connectivity index (χ0) is 20.8. The summed E-state index contributed by atoms with van der Waals surface area (Å²) < 4.78 is 15.3. The van der Waals surface area contributed by atoms with Crippen LogP contribution in [0.5, 0.6) is 0 Å². The van der Waals surface area contributed by atoms with Crippen LogP contribution in [-0.2, 0) is 11.9 Å². The van der Waals surface area contributed by atoms with Crippen LogP contribution in [0.1, 0.15) is 21.6 Å². The lowest BCUT2D eigenvalue weighted by atomic mass is 10.0. The Morgan fingerprint density at radius 2 is 2.00 bits per heavy atom. The molecule has 3 rings (SSSR count). The predicted molar refractivity (Wildman–Crippen MR) is 112 cm³/mol. The molecule has 150 valence electrons. The minimum Gasteiger partial charge on any atom is -0.395 e. The largest absolute Gasteiger partial charge is 0.395 e. The van der Waals surface area contributed by atoms with E-state index in [-0.39, 0.29) is 5.56 Å². The van der Waals surface area contributed by atoms with Gasteiger partial charge in [0.15, 0.2) is 0 Å². The number of nitrogens with one attached hydrogen (secondary N) is 1. The van der Waals surface area contributed by atoms with Crippen LogP contribution in [0.3, 0.4) is 0 Å². The van der Waals surface area contributed by atoms with Crippen LogP contribution < -0.4 is 5.32 Å². The molecule has 0 aliphatic heterocycles. The van der Waals surface area contributed by atoms with E-state index in [4.69, 9.17) is 16.4 Å². The standard InChI is InChI=1S/C21H20ClFN4O2/c1-14-19(20(23)27(2)26-14)21(28)25-18-6-4-3-5-17(18)16-9-7-15(8-10-16)13-24-29-12-11-22/h3-10,13H,11-12H2,1-2H3,(H,25,28)/b24-13+. The van der Waals surface area contributed by atoms with Crippen molar-refractivity contribution in [3.05, 3.63) is 71.3 Å². The summed E-state index contributed by atoms with van der Waals surface area (Å²) in [5.74, 6) is -0.834. The Hall–Kier alpha value is -3.19. The van der Waals surface area contributed by atoms with E-state index in [9.17, 15) is 9.18 Å². The maximum atomic E-state index is 14.2. The number of anilines is 1. The van der Waals surface area contributed by atoms with E-state index in [0.29, 0.717) is 23.9 Å². The number of halogens is 2. The molecule has 0 bridgehead atoms. The Kier molecular flexibility index (Phi) is 6.61. The number of hydrogen-bond acceptors (Lipinski definition) is 4. The summed E-state index contributed by atoms with van der Waals surface area (Å²) in [7, 11) is 1.46. The van der Waals surface area contributed by atoms with Gasteiger partial charge in [0, 0.05) is 18.3 Å². The van der Waals surface area contributed by atoms with Gasteiger partial charge < -0.3 is 10.2 Å². The molecule has 0 saturated heterocycles. The highest BCUT2D eigenvalue weighted by atomic mass is 35.5. The van der Waals surface area contributed by atoms with Crippen molar-refractivity contribution >= 4 is 29.4 Å². The van der Waals surface area contributed by atoms with E-state index in [1.54, 1.807) is 25.3 Å². The van der Waals surface area contributed by atoms with Gasteiger partial charge in [0.1, 0.15) is 12.2 Å². The molecule has 0 fully saturated rings. The van der Waals surface area contributed by atoms with Gasteiger partial charge in [0.05, 0.1) is 17.8 Å². The molecule has 29 heavy (non-hydrogen) atoms. The van der Waals surface area contributed by atoms with Gasteiger partial charge >= 0.3 is 0 Å². The number of aryl methyl sites for hydroxylation is 2. The summed E-state index contributed by atoms with van der Waals surface area (Å²) in [6.45, 7) is 1.95. The van der Waals surface area contributed by atoms with E-state index in [1.165, 1.54) is 7.05 Å². The van der Waals surface area contributed by atoms with Gasteiger partial charge in [-0.1, -0.05) is 47.6 Å². The monoisotopic (exact) mass is 414 g/mol. The van der Waals surface area contributed by atoms with Crippen LogP contribution in [0.15, 0.2) is 53.7 Å². The van der Waals surface area contributed by atoms with Gasteiger partial charge in [-0.15, -0.1) is 11.6 Å². The van der Waals surface area contributed by atoms with Gasteiger partial charge in [-0.05, 0) is 24.1 Å². The maximum Gasteiger partial charge on any atom is 0.262 e. The molecule has 0 aliphatic carbocycles. The second kappa shape index (κ2) is 9.34. The van der Waals surface area contributed by atoms with Gasteiger partial charge in [0.25, 0.3) is 5.91 Å². The van der Waals surface area contributed by atoms with Crippen molar-refractivity contribution < 1.29 is 14.0 Å². The van der Waals surface area contributed by atoms with E-state index < -0.39 is 11.9 Å². The molecular weight excluding hydrogens is 395 g/mol. The molecule has 1 aromatic heterocycles. The number of rotatable bonds is 7. The lowest BCUT2D eigenvalue weighted by Crippen LogP contribution is -2.15. The Morgan fingerprint density at radius 3 is 2.66 bits per heavy atom. The fourth-order valence-electron chi connectivity index (χ4n) is 2.85. The molecule has 2 aromatic carbocycles. The highest BCUT2D eigenvalue weighted by molar-refractivity contribution is 6.18. The third kappa shape index (κ3) is 4.81. The van der Waals surface area contributed by atoms with Crippen molar-refractivity contribution in [3.63, 3.8) is 0 Å². The molecule has 0 atom stereocenters. The smallest absolute Gasteiger partial charge is 0.262 e. The predicted octanol–water partition coefficient (Wildman–Crippen LogP) is 4.38. The van der Waals surface area contributed by atoms with E-state index >= 15 is 0 Å². The molecule has 1 N–H and O–H groups in total. The Labute approximate surface area is 172 Å². The Morgan fingerprint density at radius 1 is 1.28 bits per heavy atom. The minimum absolute atomic E-state index is 0.0641. The number of benzene rings is 2. The summed E-state index contributed by atoms with van der Waals surface area (Å²) >= 11 is 5.53. The van der Waals surface area contributed by atoms with Crippen molar-refractivity contribution in [2.24, 2.45) is 12.2 Å². The molecule has 1 amide bonds. The molecule has 1 heterocycles. The number of oxime groups is 1. The first-order valence-electron chi connectivity index (χ1n) is 8.92. The van der Waals surface area contributed by atoms with Crippen molar-refractivity contribution in [3.8, 4) is 11.1 Å². The van der Waals surface area contributed by atoms with Crippen LogP contribution in [0.4, 0.5) is 10.1 Å². The second-order valence-electron chi connectivity index (χ2n) is 6.25. The summed E-state index contributed by atoms with van der Waals surface area (Å²) in [5.41, 5.74) is 3.41. The van der Waals surface area contributed by atoms with Gasteiger partial charge in [-0.25, -0.2) is 4.68 Å². The minimum atomic E-state index is -0.669. The van der Waals surface area contributed by atoms with E-state index in [1.807, 2.05) is 36.4 Å². The van der Waals surface area contributed by atoms with Crippen molar-refractivity contribution in [2.45, 2.75) is 6.92 Å². The summed E-state index contributed by atoms with van der Waals surface area (Å²) in [5, 5.41) is 10.6. The normalized spacial score (nSPS) is 11.0. The van der Waals surface area contributed by atoms with Crippen LogP contribution in [-0.4, -0.2) is 34.4 Å². The van der Waals surface area contributed by atoms with Gasteiger partial charge in [0.2, 0.25) is 5.95 Å². The van der Waals surface area contributed by atoms with Crippen LogP contribution in [0, 0.1) is 12.9 Å². The fourth-order valence-corrected chi connectivity index (χ4v) is 2.92. The zero-order valence-electron chi connectivity index (χ0n) is 16.0. The second-order valence-corrected chi connectivity index (χ2v) is 6.63. The van der Waals surface area contributed by atoms with Crippen LogP contribution in [0.25, 0.3) is 11.1 Å². The SMILES string of the molecule is Cc1nn(C)c(F)c1C(=O)Nc1ccccc1-c1ccc(/C=N/OCCCl)cc1. The number of aromatic nitrogens is 2. The molecular formula is C21H20ClFN4O2. The number of nitrogens with zero attached hydrogens (tertiary/aromatic N) is 3. The van der Waals surface area contributed by atoms with Crippen LogP contribution in [0.2, 0.25) is 0 Å². The number of carbonyl (C=O) groups is 1. The quantitative estimate of drug-likeness (QED) is 0.270. The zero-order valence-corrected chi connectivity index (χ0v) is 16.8. The molecule has 0 spiro atoms. The average molecular weight is 415 g/mol. The Balaban J connectivity index is 1.82. The topological polar surface area (TPSA) is 68.5 Å². The van der Waals surface area contributed by atoms with Gasteiger partial charge in [-0.2, -0.15) is 9.49 Å². The third-order valence-corrected chi connectivity index (χ3v) is 4.38. The molecule has 0 radical (unpaired) electrons. The summed E-state index contributed by atoms with van der Waals surface area (Å²) in [4.78, 5) is 17.6. The molecule has 0 aliphatic rings. The third-order valence-electron chi connectivity index (χ3n) is 4.22. The highest BCUT2D eigenvalue weighted by Gasteiger charge is 2.21. The van der Waals surface area contributed by atoms with Crippen molar-refractivity contribution in [2.75, 3.05) is 17.8 Å². The number of alkyl halides is 1. The number of carbonyl (C=O) groups excluding carboxylic acids is 1. The first-order chi connectivity index (χ1) is 14.0.